The molecule has 18 heavy (non-hydrogen) atoms. The molecule has 1 N–H and O–H groups in total. The van der Waals surface area contributed by atoms with Crippen molar-refractivity contribution in [3.63, 3.8) is 0 Å². The first-order chi connectivity index (χ1) is 8.61. The van der Waals surface area contributed by atoms with Crippen LogP contribution in [0.15, 0.2) is 16.6 Å². The quantitative estimate of drug-likeness (QED) is 0.826. The van der Waals surface area contributed by atoms with Crippen molar-refractivity contribution in [1.29, 1.82) is 0 Å². The molecule has 1 saturated carbocycles. The third-order valence-corrected chi connectivity index (χ3v) is 4.28. The molecule has 0 saturated heterocycles. The second kappa shape index (κ2) is 6.11. The van der Waals surface area contributed by atoms with Gasteiger partial charge in [-0.1, -0.05) is 6.92 Å². The highest BCUT2D eigenvalue weighted by atomic mass is 79.9. The standard InChI is InChI=1S/C14H18BrF2N/c1-2-18-10-4-3-9(7-10)8-11-13(16)6-5-12(15)14(11)17/h5-6,9-10,18H,2-4,7-8H2,1H3. The fourth-order valence-corrected chi connectivity index (χ4v) is 3.15. The number of hydrogen-bond acceptors (Lipinski definition) is 1. The number of nitrogens with one attached hydrogen (secondary N) is 1. The van der Waals surface area contributed by atoms with Gasteiger partial charge in [0.15, 0.2) is 0 Å². The summed E-state index contributed by atoms with van der Waals surface area (Å²) in [5.74, 6) is -0.489. The SMILES string of the molecule is CCNC1CCC(Cc2c(F)ccc(Br)c2F)C1. The molecule has 1 fully saturated rings. The van der Waals surface area contributed by atoms with Gasteiger partial charge in [-0.05, 0) is 66.2 Å². The van der Waals surface area contributed by atoms with Crippen LogP contribution >= 0.6 is 15.9 Å². The maximum atomic E-state index is 13.9. The Morgan fingerprint density at radius 2 is 2.11 bits per heavy atom. The van der Waals surface area contributed by atoms with Gasteiger partial charge in [0.25, 0.3) is 0 Å². The molecule has 1 aromatic rings. The molecule has 4 heteroatoms. The Labute approximate surface area is 115 Å². The fourth-order valence-electron chi connectivity index (χ4n) is 2.78. The van der Waals surface area contributed by atoms with E-state index < -0.39 is 11.6 Å². The zero-order valence-corrected chi connectivity index (χ0v) is 12.1. The van der Waals surface area contributed by atoms with Crippen molar-refractivity contribution < 1.29 is 8.78 Å². The van der Waals surface area contributed by atoms with Gasteiger partial charge in [0, 0.05) is 11.6 Å². The summed E-state index contributed by atoms with van der Waals surface area (Å²) in [7, 11) is 0. The summed E-state index contributed by atoms with van der Waals surface area (Å²) in [5, 5.41) is 3.40. The lowest BCUT2D eigenvalue weighted by Gasteiger charge is -2.13. The monoisotopic (exact) mass is 317 g/mol. The van der Waals surface area contributed by atoms with Crippen LogP contribution in [-0.2, 0) is 6.42 Å². The molecule has 2 rings (SSSR count). The van der Waals surface area contributed by atoms with Crippen molar-refractivity contribution in [2.24, 2.45) is 5.92 Å². The predicted molar refractivity (Wildman–Crippen MR) is 72.6 cm³/mol. The van der Waals surface area contributed by atoms with Crippen molar-refractivity contribution in [1.82, 2.24) is 5.32 Å². The molecular formula is C14H18BrF2N. The Bertz CT molecular complexity index is 423. The lowest BCUT2D eigenvalue weighted by atomic mass is 9.97. The number of benzene rings is 1. The van der Waals surface area contributed by atoms with E-state index in [2.05, 4.69) is 28.2 Å². The van der Waals surface area contributed by atoms with Crippen molar-refractivity contribution in [3.05, 3.63) is 33.8 Å². The van der Waals surface area contributed by atoms with Gasteiger partial charge in [-0.25, -0.2) is 8.78 Å². The summed E-state index contributed by atoms with van der Waals surface area (Å²) in [6.07, 6.45) is 3.66. The number of hydrogen-bond donors (Lipinski definition) is 1. The van der Waals surface area contributed by atoms with Gasteiger partial charge in [-0.3, -0.25) is 0 Å². The lowest BCUT2D eigenvalue weighted by Crippen LogP contribution is -2.26. The lowest BCUT2D eigenvalue weighted by molar-refractivity contribution is 0.467. The van der Waals surface area contributed by atoms with E-state index >= 15 is 0 Å². The van der Waals surface area contributed by atoms with Crippen LogP contribution in [-0.4, -0.2) is 12.6 Å². The normalized spacial score (nSPS) is 23.6. The average Bonchev–Trinajstić information content (AvgIpc) is 2.78. The summed E-state index contributed by atoms with van der Waals surface area (Å²) in [6.45, 7) is 3.04. The molecule has 1 aliphatic rings. The highest BCUT2D eigenvalue weighted by Gasteiger charge is 2.26. The first-order valence-electron chi connectivity index (χ1n) is 6.47. The van der Waals surface area contributed by atoms with Crippen LogP contribution in [0.2, 0.25) is 0 Å². The molecule has 2 atom stereocenters. The van der Waals surface area contributed by atoms with E-state index in [0.29, 0.717) is 22.9 Å². The van der Waals surface area contributed by atoms with E-state index in [1.807, 2.05) is 0 Å². The second-order valence-corrected chi connectivity index (χ2v) is 5.81. The first-order valence-corrected chi connectivity index (χ1v) is 7.26. The molecule has 1 aliphatic carbocycles. The van der Waals surface area contributed by atoms with E-state index in [9.17, 15) is 8.78 Å². The number of halogens is 3. The van der Waals surface area contributed by atoms with E-state index in [-0.39, 0.29) is 5.56 Å². The van der Waals surface area contributed by atoms with Crippen LogP contribution in [0.1, 0.15) is 31.7 Å². The Morgan fingerprint density at radius 1 is 1.33 bits per heavy atom. The fraction of sp³-hybridized carbons (Fsp3) is 0.571. The Kier molecular flexibility index (Phi) is 4.73. The van der Waals surface area contributed by atoms with Crippen LogP contribution in [0.25, 0.3) is 0 Å². The molecule has 0 aromatic heterocycles. The zero-order valence-electron chi connectivity index (χ0n) is 10.5. The van der Waals surface area contributed by atoms with Gasteiger partial charge in [0.05, 0.1) is 4.47 Å². The topological polar surface area (TPSA) is 12.0 Å². The summed E-state index contributed by atoms with van der Waals surface area (Å²) in [4.78, 5) is 0. The molecule has 1 aromatic carbocycles. The molecule has 1 nitrogen and oxygen atoms in total. The summed E-state index contributed by atoms with van der Waals surface area (Å²) < 4.78 is 27.9. The van der Waals surface area contributed by atoms with Gasteiger partial charge in [0.2, 0.25) is 0 Å². The predicted octanol–water partition coefficient (Wildman–Crippen LogP) is 4.05. The average molecular weight is 318 g/mol. The molecular weight excluding hydrogens is 300 g/mol. The highest BCUT2D eigenvalue weighted by Crippen LogP contribution is 2.31. The Balaban J connectivity index is 2.04. The zero-order chi connectivity index (χ0) is 13.1. The van der Waals surface area contributed by atoms with Gasteiger partial charge in [0.1, 0.15) is 11.6 Å². The Hall–Kier alpha value is -0.480. The maximum Gasteiger partial charge on any atom is 0.143 e. The van der Waals surface area contributed by atoms with E-state index in [0.717, 1.165) is 25.8 Å². The summed E-state index contributed by atoms with van der Waals surface area (Å²) in [6, 6.07) is 3.27. The molecule has 0 radical (unpaired) electrons. The van der Waals surface area contributed by atoms with Gasteiger partial charge in [-0.15, -0.1) is 0 Å². The van der Waals surface area contributed by atoms with Crippen molar-refractivity contribution in [2.75, 3.05) is 6.54 Å². The van der Waals surface area contributed by atoms with Gasteiger partial charge in [-0.2, -0.15) is 0 Å². The summed E-state index contributed by atoms with van der Waals surface area (Å²) >= 11 is 3.11. The minimum atomic E-state index is -0.443. The largest absolute Gasteiger partial charge is 0.314 e. The van der Waals surface area contributed by atoms with Crippen LogP contribution in [0.5, 0.6) is 0 Å². The first kappa shape index (κ1) is 13.9. The molecule has 0 heterocycles. The van der Waals surface area contributed by atoms with Gasteiger partial charge >= 0.3 is 0 Å². The van der Waals surface area contributed by atoms with Gasteiger partial charge < -0.3 is 5.32 Å². The van der Waals surface area contributed by atoms with Crippen LogP contribution < -0.4 is 5.32 Å². The molecule has 100 valence electrons. The third kappa shape index (κ3) is 3.09. The number of rotatable bonds is 4. The molecule has 0 bridgehead atoms. The molecule has 0 spiro atoms. The van der Waals surface area contributed by atoms with Crippen molar-refractivity contribution in [3.8, 4) is 0 Å². The van der Waals surface area contributed by atoms with E-state index in [1.165, 1.54) is 12.1 Å². The summed E-state index contributed by atoms with van der Waals surface area (Å²) in [5.41, 5.74) is 0.228. The molecule has 2 unspecified atom stereocenters. The smallest absolute Gasteiger partial charge is 0.143 e. The highest BCUT2D eigenvalue weighted by molar-refractivity contribution is 9.10. The van der Waals surface area contributed by atoms with Crippen molar-refractivity contribution >= 4 is 15.9 Å². The second-order valence-electron chi connectivity index (χ2n) is 4.96. The minimum absolute atomic E-state index is 0.228. The van der Waals surface area contributed by atoms with Crippen LogP contribution in [0.3, 0.4) is 0 Å². The van der Waals surface area contributed by atoms with Crippen molar-refractivity contribution in [2.45, 2.75) is 38.6 Å². The minimum Gasteiger partial charge on any atom is -0.314 e. The van der Waals surface area contributed by atoms with Crippen LogP contribution in [0.4, 0.5) is 8.78 Å². The maximum absolute atomic E-state index is 13.9. The van der Waals surface area contributed by atoms with E-state index in [4.69, 9.17) is 0 Å². The molecule has 0 aliphatic heterocycles. The molecule has 0 amide bonds. The van der Waals surface area contributed by atoms with E-state index in [1.54, 1.807) is 0 Å². The third-order valence-electron chi connectivity index (χ3n) is 3.67. The Morgan fingerprint density at radius 3 is 2.83 bits per heavy atom. The van der Waals surface area contributed by atoms with Crippen LogP contribution in [0, 0.1) is 17.6 Å².